The van der Waals surface area contributed by atoms with Gasteiger partial charge < -0.3 is 5.73 Å². The minimum Gasteiger partial charge on any atom is -0.330 e. The van der Waals surface area contributed by atoms with Crippen molar-refractivity contribution in [3.63, 3.8) is 0 Å². The molecule has 2 atom stereocenters. The Morgan fingerprint density at radius 2 is 1.67 bits per heavy atom. The van der Waals surface area contributed by atoms with Crippen LogP contribution in [0.15, 0.2) is 0 Å². The number of rotatable bonds is 3. The van der Waals surface area contributed by atoms with Crippen LogP contribution in [0.5, 0.6) is 0 Å². The van der Waals surface area contributed by atoms with Gasteiger partial charge in [-0.3, -0.25) is 0 Å². The Labute approximate surface area is 113 Å². The maximum atomic E-state index is 6.15. The summed E-state index contributed by atoms with van der Waals surface area (Å²) in [5.74, 6) is 2.88. The molecule has 2 unspecified atom stereocenters. The highest BCUT2D eigenvalue weighted by atomic mass is 14.7. The van der Waals surface area contributed by atoms with E-state index in [2.05, 4.69) is 27.7 Å². The van der Waals surface area contributed by atoms with E-state index < -0.39 is 0 Å². The molecule has 0 aromatic heterocycles. The summed E-state index contributed by atoms with van der Waals surface area (Å²) in [5.41, 5.74) is 7.71. The summed E-state index contributed by atoms with van der Waals surface area (Å²) in [7, 11) is 0. The van der Waals surface area contributed by atoms with Crippen LogP contribution in [-0.4, -0.2) is 6.54 Å². The van der Waals surface area contributed by atoms with E-state index in [1.165, 1.54) is 38.5 Å². The maximum absolute atomic E-state index is 6.15. The lowest BCUT2D eigenvalue weighted by molar-refractivity contribution is -0.174. The van der Waals surface area contributed by atoms with E-state index in [1.807, 2.05) is 0 Å². The van der Waals surface area contributed by atoms with Gasteiger partial charge in [0.05, 0.1) is 0 Å². The van der Waals surface area contributed by atoms with Crippen molar-refractivity contribution in [1.29, 1.82) is 0 Å². The second kappa shape index (κ2) is 3.75. The van der Waals surface area contributed by atoms with Crippen LogP contribution in [0.4, 0.5) is 0 Å². The summed E-state index contributed by atoms with van der Waals surface area (Å²) >= 11 is 0. The quantitative estimate of drug-likeness (QED) is 0.796. The molecule has 2 N–H and O–H groups in total. The van der Waals surface area contributed by atoms with Crippen LogP contribution < -0.4 is 5.73 Å². The van der Waals surface area contributed by atoms with E-state index >= 15 is 0 Å². The van der Waals surface area contributed by atoms with Crippen molar-refractivity contribution >= 4 is 0 Å². The van der Waals surface area contributed by atoms with Crippen LogP contribution in [0.25, 0.3) is 0 Å². The zero-order valence-corrected chi connectivity index (χ0v) is 12.8. The molecule has 4 fully saturated rings. The third-order valence-electron chi connectivity index (χ3n) is 7.28. The second-order valence-corrected chi connectivity index (χ2v) is 8.85. The summed E-state index contributed by atoms with van der Waals surface area (Å²) < 4.78 is 0. The van der Waals surface area contributed by atoms with Crippen LogP contribution >= 0.6 is 0 Å². The first kappa shape index (κ1) is 13.0. The largest absolute Gasteiger partial charge is 0.330 e. The van der Waals surface area contributed by atoms with Crippen LogP contribution in [0.2, 0.25) is 0 Å². The topological polar surface area (TPSA) is 26.0 Å². The molecular formula is C17H31N. The highest BCUT2D eigenvalue weighted by molar-refractivity contribution is 5.12. The minimum absolute atomic E-state index is 0.338. The van der Waals surface area contributed by atoms with Crippen molar-refractivity contribution in [2.45, 2.75) is 66.2 Å². The molecule has 0 radical (unpaired) electrons. The normalized spacial score (nSPS) is 47.0. The fourth-order valence-corrected chi connectivity index (χ4v) is 6.02. The van der Waals surface area contributed by atoms with Crippen LogP contribution in [0.3, 0.4) is 0 Å². The average Bonchev–Trinajstić information content (AvgIpc) is 2.26. The zero-order chi connectivity index (χ0) is 13.2. The molecule has 4 rings (SSSR count). The van der Waals surface area contributed by atoms with E-state index in [-0.39, 0.29) is 0 Å². The highest BCUT2D eigenvalue weighted by Crippen LogP contribution is 2.71. The van der Waals surface area contributed by atoms with Crippen LogP contribution in [-0.2, 0) is 0 Å². The van der Waals surface area contributed by atoms with Crippen molar-refractivity contribution in [3.05, 3.63) is 0 Å². The van der Waals surface area contributed by atoms with Gasteiger partial charge in [0.15, 0.2) is 0 Å². The Morgan fingerprint density at radius 1 is 1.11 bits per heavy atom. The lowest BCUT2D eigenvalue weighted by Gasteiger charge is -2.67. The molecule has 0 aliphatic heterocycles. The predicted octanol–water partition coefficient (Wildman–Crippen LogP) is 4.21. The monoisotopic (exact) mass is 249 g/mol. The van der Waals surface area contributed by atoms with Crippen molar-refractivity contribution in [3.8, 4) is 0 Å². The first-order chi connectivity index (χ1) is 8.32. The Hall–Kier alpha value is -0.0400. The lowest BCUT2D eigenvalue weighted by Crippen LogP contribution is -2.59. The van der Waals surface area contributed by atoms with Gasteiger partial charge in [0.1, 0.15) is 0 Å². The Balaban J connectivity index is 1.99. The highest BCUT2D eigenvalue weighted by Gasteiger charge is 2.62. The van der Waals surface area contributed by atoms with Gasteiger partial charge in [0.25, 0.3) is 0 Å². The number of hydrogen-bond donors (Lipinski definition) is 1. The third kappa shape index (κ3) is 1.55. The minimum atomic E-state index is 0.338. The molecule has 4 aliphatic carbocycles. The van der Waals surface area contributed by atoms with Crippen molar-refractivity contribution in [2.24, 2.45) is 39.7 Å². The first-order valence-corrected chi connectivity index (χ1v) is 8.03. The summed E-state index contributed by atoms with van der Waals surface area (Å²) in [6.07, 6.45) is 8.98. The van der Waals surface area contributed by atoms with E-state index in [9.17, 15) is 0 Å². The third-order valence-corrected chi connectivity index (χ3v) is 7.28. The van der Waals surface area contributed by atoms with Crippen molar-refractivity contribution in [2.75, 3.05) is 6.54 Å². The van der Waals surface area contributed by atoms with Gasteiger partial charge in [-0.2, -0.15) is 0 Å². The molecule has 0 spiro atoms. The van der Waals surface area contributed by atoms with E-state index in [0.717, 1.165) is 24.3 Å². The summed E-state index contributed by atoms with van der Waals surface area (Å²) in [5, 5.41) is 0. The lowest BCUT2D eigenvalue weighted by atomic mass is 9.37. The molecule has 4 bridgehead atoms. The molecule has 104 valence electrons. The van der Waals surface area contributed by atoms with Crippen molar-refractivity contribution in [1.82, 2.24) is 0 Å². The van der Waals surface area contributed by atoms with E-state index in [4.69, 9.17) is 5.73 Å². The van der Waals surface area contributed by atoms with Gasteiger partial charge in [-0.05, 0) is 79.1 Å². The standard InChI is InChI=1S/C17H31N/c1-12(2)16-6-13-5-14(7-16)9-17(8-13,10-16)15(3,4)11-18/h12-14H,5-11,18H2,1-4H3. The Bertz CT molecular complexity index is 328. The van der Waals surface area contributed by atoms with Gasteiger partial charge in [-0.15, -0.1) is 0 Å². The number of hydrogen-bond acceptors (Lipinski definition) is 1. The molecule has 18 heavy (non-hydrogen) atoms. The second-order valence-electron chi connectivity index (χ2n) is 8.85. The molecule has 1 heteroatoms. The molecule has 4 saturated carbocycles. The van der Waals surface area contributed by atoms with Gasteiger partial charge in [-0.1, -0.05) is 27.7 Å². The van der Waals surface area contributed by atoms with E-state index in [1.54, 1.807) is 0 Å². The van der Waals surface area contributed by atoms with E-state index in [0.29, 0.717) is 16.2 Å². The summed E-state index contributed by atoms with van der Waals surface area (Å²) in [4.78, 5) is 0. The van der Waals surface area contributed by atoms with Crippen LogP contribution in [0, 0.1) is 34.0 Å². The van der Waals surface area contributed by atoms with Crippen molar-refractivity contribution < 1.29 is 0 Å². The van der Waals surface area contributed by atoms with Gasteiger partial charge in [-0.25, -0.2) is 0 Å². The molecule has 0 aromatic rings. The number of nitrogens with two attached hydrogens (primary N) is 1. The first-order valence-electron chi connectivity index (χ1n) is 8.03. The molecule has 4 aliphatic rings. The maximum Gasteiger partial charge on any atom is -0.00205 e. The summed E-state index contributed by atoms with van der Waals surface area (Å²) in [6, 6.07) is 0. The fourth-order valence-electron chi connectivity index (χ4n) is 6.02. The SMILES string of the molecule is CC(C)C12CC3CC(C1)CC(C(C)(C)CN)(C3)C2. The fraction of sp³-hybridized carbons (Fsp3) is 1.00. The van der Waals surface area contributed by atoms with Gasteiger partial charge in [0, 0.05) is 0 Å². The molecule has 0 saturated heterocycles. The summed E-state index contributed by atoms with van der Waals surface area (Å²) in [6.45, 7) is 10.7. The zero-order valence-electron chi connectivity index (χ0n) is 12.8. The Kier molecular flexibility index (Phi) is 2.70. The Morgan fingerprint density at radius 3 is 2.11 bits per heavy atom. The molecule has 0 amide bonds. The van der Waals surface area contributed by atoms with Gasteiger partial charge >= 0.3 is 0 Å². The smallest absolute Gasteiger partial charge is 0.00205 e. The molecule has 0 heterocycles. The van der Waals surface area contributed by atoms with Gasteiger partial charge in [0.2, 0.25) is 0 Å². The molecule has 1 nitrogen and oxygen atoms in total. The average molecular weight is 249 g/mol. The van der Waals surface area contributed by atoms with Crippen LogP contribution in [0.1, 0.15) is 66.2 Å². The molecule has 0 aromatic carbocycles. The predicted molar refractivity (Wildman–Crippen MR) is 77.2 cm³/mol. The molecular weight excluding hydrogens is 218 g/mol.